The molecular formula is C13H18ClNO. The molecule has 0 amide bonds. The standard InChI is InChI=1S/C13H18ClNO/c1-15-9-2-7-13(16,8-10-15)11-3-5-12(14)6-4-11/h3-6,16H,2,7-10H2,1H3/t13-/m1/s1. The average Bonchev–Trinajstić information content (AvgIpc) is 2.43. The first-order chi connectivity index (χ1) is 7.60. The normalized spacial score (nSPS) is 27.7. The number of rotatable bonds is 1. The Morgan fingerprint density at radius 2 is 1.88 bits per heavy atom. The molecule has 2 rings (SSSR count). The molecule has 1 atom stereocenters. The monoisotopic (exact) mass is 239 g/mol. The molecule has 1 N–H and O–H groups in total. The van der Waals surface area contributed by atoms with Crippen molar-refractivity contribution in [3.63, 3.8) is 0 Å². The van der Waals surface area contributed by atoms with E-state index in [1.165, 1.54) is 0 Å². The van der Waals surface area contributed by atoms with Gasteiger partial charge in [-0.15, -0.1) is 0 Å². The highest BCUT2D eigenvalue weighted by Crippen LogP contribution is 2.32. The SMILES string of the molecule is CN1CCC[C@](O)(c2ccc(Cl)cc2)CC1. The molecule has 1 heterocycles. The zero-order valence-corrected chi connectivity index (χ0v) is 10.4. The van der Waals surface area contributed by atoms with E-state index in [4.69, 9.17) is 11.6 Å². The topological polar surface area (TPSA) is 23.5 Å². The van der Waals surface area contributed by atoms with E-state index >= 15 is 0 Å². The molecule has 1 aliphatic rings. The molecule has 0 aliphatic carbocycles. The summed E-state index contributed by atoms with van der Waals surface area (Å²) in [7, 11) is 2.10. The summed E-state index contributed by atoms with van der Waals surface area (Å²) >= 11 is 5.86. The number of nitrogens with zero attached hydrogens (tertiary/aromatic N) is 1. The molecule has 0 unspecified atom stereocenters. The third kappa shape index (κ3) is 2.57. The van der Waals surface area contributed by atoms with E-state index in [-0.39, 0.29) is 0 Å². The van der Waals surface area contributed by atoms with Gasteiger partial charge in [0.15, 0.2) is 0 Å². The molecule has 0 spiro atoms. The van der Waals surface area contributed by atoms with E-state index in [0.717, 1.165) is 42.9 Å². The number of halogens is 1. The Balaban J connectivity index is 2.20. The number of hydrogen-bond acceptors (Lipinski definition) is 2. The fraction of sp³-hybridized carbons (Fsp3) is 0.538. The van der Waals surface area contributed by atoms with Crippen LogP contribution in [-0.2, 0) is 5.60 Å². The van der Waals surface area contributed by atoms with Crippen molar-refractivity contribution in [1.82, 2.24) is 4.90 Å². The third-order valence-electron chi connectivity index (χ3n) is 3.42. The maximum atomic E-state index is 10.7. The summed E-state index contributed by atoms with van der Waals surface area (Å²) in [6, 6.07) is 7.58. The average molecular weight is 240 g/mol. The van der Waals surface area contributed by atoms with Crippen LogP contribution >= 0.6 is 11.6 Å². The van der Waals surface area contributed by atoms with Crippen LogP contribution in [0, 0.1) is 0 Å². The van der Waals surface area contributed by atoms with Crippen molar-refractivity contribution in [3.8, 4) is 0 Å². The molecular weight excluding hydrogens is 222 g/mol. The van der Waals surface area contributed by atoms with Crippen molar-refractivity contribution in [3.05, 3.63) is 34.9 Å². The highest BCUT2D eigenvalue weighted by atomic mass is 35.5. The van der Waals surface area contributed by atoms with Gasteiger partial charge in [0, 0.05) is 11.6 Å². The quantitative estimate of drug-likeness (QED) is 0.815. The lowest BCUT2D eigenvalue weighted by Gasteiger charge is -2.27. The number of aliphatic hydroxyl groups is 1. The molecule has 1 saturated heterocycles. The predicted molar refractivity (Wildman–Crippen MR) is 66.7 cm³/mol. The van der Waals surface area contributed by atoms with Crippen LogP contribution in [0.15, 0.2) is 24.3 Å². The van der Waals surface area contributed by atoms with Crippen LogP contribution in [0.2, 0.25) is 5.02 Å². The van der Waals surface area contributed by atoms with Gasteiger partial charge in [0.25, 0.3) is 0 Å². The molecule has 0 radical (unpaired) electrons. The van der Waals surface area contributed by atoms with E-state index in [1.807, 2.05) is 24.3 Å². The summed E-state index contributed by atoms with van der Waals surface area (Å²) in [5.74, 6) is 0. The van der Waals surface area contributed by atoms with Crippen LogP contribution in [-0.4, -0.2) is 30.1 Å². The van der Waals surface area contributed by atoms with Crippen LogP contribution in [0.4, 0.5) is 0 Å². The van der Waals surface area contributed by atoms with Gasteiger partial charge in [0.1, 0.15) is 0 Å². The van der Waals surface area contributed by atoms with Crippen LogP contribution in [0.25, 0.3) is 0 Å². The summed E-state index contributed by atoms with van der Waals surface area (Å²) in [5.41, 5.74) is 0.321. The van der Waals surface area contributed by atoms with Gasteiger partial charge < -0.3 is 10.0 Å². The van der Waals surface area contributed by atoms with Crippen molar-refractivity contribution in [1.29, 1.82) is 0 Å². The second-order valence-electron chi connectivity index (χ2n) is 4.70. The zero-order valence-electron chi connectivity index (χ0n) is 9.62. The first kappa shape index (κ1) is 11.9. The van der Waals surface area contributed by atoms with Crippen molar-refractivity contribution in [2.45, 2.75) is 24.9 Å². The van der Waals surface area contributed by atoms with Gasteiger partial charge in [0.2, 0.25) is 0 Å². The summed E-state index contributed by atoms with van der Waals surface area (Å²) in [5, 5.41) is 11.4. The van der Waals surface area contributed by atoms with Crippen molar-refractivity contribution in [2.75, 3.05) is 20.1 Å². The van der Waals surface area contributed by atoms with Crippen LogP contribution < -0.4 is 0 Å². The largest absolute Gasteiger partial charge is 0.385 e. The van der Waals surface area contributed by atoms with E-state index < -0.39 is 5.60 Å². The fourth-order valence-electron chi connectivity index (χ4n) is 2.30. The first-order valence-corrected chi connectivity index (χ1v) is 6.15. The molecule has 3 heteroatoms. The molecule has 1 aliphatic heterocycles. The highest BCUT2D eigenvalue weighted by molar-refractivity contribution is 6.30. The van der Waals surface area contributed by atoms with E-state index in [1.54, 1.807) is 0 Å². The maximum Gasteiger partial charge on any atom is 0.0909 e. The van der Waals surface area contributed by atoms with Crippen molar-refractivity contribution < 1.29 is 5.11 Å². The number of hydrogen-bond donors (Lipinski definition) is 1. The second-order valence-corrected chi connectivity index (χ2v) is 5.13. The summed E-state index contributed by atoms with van der Waals surface area (Å²) in [4.78, 5) is 2.27. The van der Waals surface area contributed by atoms with Crippen molar-refractivity contribution >= 4 is 11.6 Å². The molecule has 0 saturated carbocycles. The van der Waals surface area contributed by atoms with Gasteiger partial charge in [-0.05, 0) is 50.6 Å². The molecule has 1 aromatic carbocycles. The molecule has 0 bridgehead atoms. The van der Waals surface area contributed by atoms with Gasteiger partial charge in [-0.3, -0.25) is 0 Å². The Bertz CT molecular complexity index is 351. The Labute approximate surface area is 102 Å². The van der Waals surface area contributed by atoms with Gasteiger partial charge in [-0.2, -0.15) is 0 Å². The van der Waals surface area contributed by atoms with E-state index in [9.17, 15) is 5.11 Å². The second kappa shape index (κ2) is 4.74. The Kier molecular flexibility index (Phi) is 3.53. The lowest BCUT2D eigenvalue weighted by molar-refractivity contribution is 0.0218. The van der Waals surface area contributed by atoms with Gasteiger partial charge in [0.05, 0.1) is 5.60 Å². The van der Waals surface area contributed by atoms with Crippen LogP contribution in [0.3, 0.4) is 0 Å². The maximum absolute atomic E-state index is 10.7. The lowest BCUT2D eigenvalue weighted by atomic mass is 9.87. The molecule has 88 valence electrons. The van der Waals surface area contributed by atoms with E-state index in [0.29, 0.717) is 0 Å². The summed E-state index contributed by atoms with van der Waals surface area (Å²) in [6.45, 7) is 2.01. The van der Waals surface area contributed by atoms with Gasteiger partial charge in [-0.25, -0.2) is 0 Å². The van der Waals surface area contributed by atoms with Gasteiger partial charge in [-0.1, -0.05) is 23.7 Å². The zero-order chi connectivity index (χ0) is 11.6. The first-order valence-electron chi connectivity index (χ1n) is 5.77. The minimum atomic E-state index is -0.671. The molecule has 1 fully saturated rings. The van der Waals surface area contributed by atoms with Crippen LogP contribution in [0.5, 0.6) is 0 Å². The van der Waals surface area contributed by atoms with Crippen molar-refractivity contribution in [2.24, 2.45) is 0 Å². The molecule has 0 aromatic heterocycles. The lowest BCUT2D eigenvalue weighted by Crippen LogP contribution is -2.27. The smallest absolute Gasteiger partial charge is 0.0909 e. The summed E-state index contributed by atoms with van der Waals surface area (Å²) in [6.07, 6.45) is 2.67. The Morgan fingerprint density at radius 3 is 2.56 bits per heavy atom. The van der Waals surface area contributed by atoms with E-state index in [2.05, 4.69) is 11.9 Å². The Hall–Kier alpha value is -0.570. The Morgan fingerprint density at radius 1 is 1.19 bits per heavy atom. The minimum absolute atomic E-state index is 0.671. The van der Waals surface area contributed by atoms with Gasteiger partial charge >= 0.3 is 0 Å². The van der Waals surface area contributed by atoms with Crippen LogP contribution in [0.1, 0.15) is 24.8 Å². The fourth-order valence-corrected chi connectivity index (χ4v) is 2.43. The third-order valence-corrected chi connectivity index (χ3v) is 3.67. The molecule has 16 heavy (non-hydrogen) atoms. The highest BCUT2D eigenvalue weighted by Gasteiger charge is 2.30. The number of benzene rings is 1. The number of likely N-dealkylation sites (tertiary alicyclic amines) is 1. The molecule has 2 nitrogen and oxygen atoms in total. The predicted octanol–water partition coefficient (Wildman–Crippen LogP) is 2.64. The summed E-state index contributed by atoms with van der Waals surface area (Å²) < 4.78 is 0. The molecule has 1 aromatic rings. The minimum Gasteiger partial charge on any atom is -0.385 e.